The van der Waals surface area contributed by atoms with Crippen LogP contribution in [0.5, 0.6) is 0 Å². The quantitative estimate of drug-likeness (QED) is 0.945. The molecule has 1 atom stereocenters. The van der Waals surface area contributed by atoms with Crippen molar-refractivity contribution in [2.45, 2.75) is 19.9 Å². The maximum Gasteiger partial charge on any atom is 0.118 e. The number of morpholine rings is 1. The lowest BCUT2D eigenvalue weighted by Gasteiger charge is -2.32. The average Bonchev–Trinajstić information content (AvgIpc) is 2.96. The van der Waals surface area contributed by atoms with Crippen LogP contribution in [0.15, 0.2) is 30.3 Å². The van der Waals surface area contributed by atoms with E-state index in [1.165, 1.54) is 5.56 Å². The minimum absolute atomic E-state index is 0.403. The Labute approximate surface area is 131 Å². The fraction of sp³-hybridized carbons (Fsp3) is 0.389. The van der Waals surface area contributed by atoms with Crippen LogP contribution < -0.4 is 0 Å². The first-order valence-electron chi connectivity index (χ1n) is 7.71. The molecule has 3 rings (SSSR count). The molecule has 4 nitrogen and oxygen atoms in total. The van der Waals surface area contributed by atoms with Crippen molar-refractivity contribution in [2.24, 2.45) is 0 Å². The third-order valence-electron chi connectivity index (χ3n) is 4.43. The monoisotopic (exact) mass is 295 g/mol. The van der Waals surface area contributed by atoms with E-state index in [1.807, 2.05) is 13.0 Å². The Balaban J connectivity index is 1.80. The molecule has 1 N–H and O–H groups in total. The van der Waals surface area contributed by atoms with Crippen molar-refractivity contribution in [3.8, 4) is 17.2 Å². The zero-order valence-electron chi connectivity index (χ0n) is 13.1. The number of H-pyrrole nitrogens is 1. The number of rotatable bonds is 3. The number of aryl methyl sites for hydroxylation is 1. The Morgan fingerprint density at radius 2 is 1.91 bits per heavy atom. The fourth-order valence-electron chi connectivity index (χ4n) is 3.03. The second-order valence-electron chi connectivity index (χ2n) is 5.78. The highest BCUT2D eigenvalue weighted by molar-refractivity contribution is 5.68. The van der Waals surface area contributed by atoms with E-state index in [0.29, 0.717) is 11.7 Å². The second kappa shape index (κ2) is 6.35. The summed E-state index contributed by atoms with van der Waals surface area (Å²) in [4.78, 5) is 5.55. The number of aromatic nitrogens is 1. The van der Waals surface area contributed by atoms with Gasteiger partial charge in [0.25, 0.3) is 0 Å². The molecule has 2 aromatic rings. The van der Waals surface area contributed by atoms with Crippen LogP contribution >= 0.6 is 0 Å². The van der Waals surface area contributed by atoms with Gasteiger partial charge in [-0.15, -0.1) is 0 Å². The van der Waals surface area contributed by atoms with Gasteiger partial charge in [-0.25, -0.2) is 0 Å². The van der Waals surface area contributed by atoms with Crippen LogP contribution in [0.4, 0.5) is 0 Å². The third kappa shape index (κ3) is 2.92. The molecule has 0 amide bonds. The number of aromatic amines is 1. The molecule has 1 unspecified atom stereocenters. The van der Waals surface area contributed by atoms with Crippen LogP contribution in [0, 0.1) is 18.3 Å². The Morgan fingerprint density at radius 1 is 1.23 bits per heavy atom. The van der Waals surface area contributed by atoms with Gasteiger partial charge in [-0.3, -0.25) is 4.90 Å². The number of nitriles is 1. The van der Waals surface area contributed by atoms with Crippen LogP contribution in [-0.4, -0.2) is 36.2 Å². The van der Waals surface area contributed by atoms with Gasteiger partial charge in [0.1, 0.15) is 11.8 Å². The van der Waals surface area contributed by atoms with Gasteiger partial charge in [-0.05, 0) is 31.0 Å². The number of nitrogens with zero attached hydrogens (tertiary/aromatic N) is 2. The van der Waals surface area contributed by atoms with Crippen molar-refractivity contribution in [3.05, 3.63) is 47.3 Å². The lowest BCUT2D eigenvalue weighted by molar-refractivity contribution is 0.0198. The largest absolute Gasteiger partial charge is 0.379 e. The Bertz CT molecular complexity index is 675. The molecule has 1 aliphatic rings. The first kappa shape index (κ1) is 14.8. The molecule has 1 fully saturated rings. The van der Waals surface area contributed by atoms with Crippen LogP contribution in [0.1, 0.15) is 29.9 Å². The topological polar surface area (TPSA) is 52.0 Å². The molecule has 2 heterocycles. The molecule has 0 bridgehead atoms. The maximum atomic E-state index is 8.99. The molecule has 0 saturated carbocycles. The highest BCUT2D eigenvalue weighted by Gasteiger charge is 2.18. The van der Waals surface area contributed by atoms with E-state index in [4.69, 9.17) is 10.00 Å². The first-order valence-corrected chi connectivity index (χ1v) is 7.71. The van der Waals surface area contributed by atoms with Gasteiger partial charge in [-0.2, -0.15) is 5.26 Å². The summed E-state index contributed by atoms with van der Waals surface area (Å²) in [7, 11) is 0. The maximum absolute atomic E-state index is 8.99. The van der Waals surface area contributed by atoms with Crippen molar-refractivity contribution in [1.82, 2.24) is 9.88 Å². The van der Waals surface area contributed by atoms with E-state index in [0.717, 1.165) is 43.1 Å². The summed E-state index contributed by atoms with van der Waals surface area (Å²) in [6.45, 7) is 7.87. The summed E-state index contributed by atoms with van der Waals surface area (Å²) in [5.41, 5.74) is 5.21. The zero-order valence-corrected chi connectivity index (χ0v) is 13.1. The molecular formula is C18H21N3O. The predicted molar refractivity (Wildman–Crippen MR) is 86.5 cm³/mol. The third-order valence-corrected chi connectivity index (χ3v) is 4.43. The SMILES string of the molecule is Cc1[nH]c(C#N)cc1-c1ccc(C(C)N2CCOCC2)cc1. The fourth-order valence-corrected chi connectivity index (χ4v) is 3.03. The van der Waals surface area contributed by atoms with Crippen molar-refractivity contribution in [2.75, 3.05) is 26.3 Å². The van der Waals surface area contributed by atoms with E-state index in [9.17, 15) is 0 Å². The molecule has 22 heavy (non-hydrogen) atoms. The minimum Gasteiger partial charge on any atom is -0.379 e. The van der Waals surface area contributed by atoms with Crippen molar-refractivity contribution >= 4 is 0 Å². The van der Waals surface area contributed by atoms with E-state index >= 15 is 0 Å². The van der Waals surface area contributed by atoms with Gasteiger partial charge in [0.2, 0.25) is 0 Å². The van der Waals surface area contributed by atoms with Crippen LogP contribution in [0.2, 0.25) is 0 Å². The zero-order chi connectivity index (χ0) is 15.5. The highest BCUT2D eigenvalue weighted by Crippen LogP contribution is 2.27. The standard InChI is InChI=1S/C18H21N3O/c1-13-18(11-17(12-19)20-13)16-5-3-15(4-6-16)14(2)21-7-9-22-10-8-21/h3-6,11,14,20H,7-10H2,1-2H3. The van der Waals surface area contributed by atoms with Crippen LogP contribution in [0.3, 0.4) is 0 Å². The molecule has 0 aliphatic carbocycles. The Morgan fingerprint density at radius 3 is 2.50 bits per heavy atom. The molecule has 1 saturated heterocycles. The number of nitrogens with one attached hydrogen (secondary N) is 1. The number of hydrogen-bond acceptors (Lipinski definition) is 3. The van der Waals surface area contributed by atoms with Gasteiger partial charge in [0, 0.05) is 30.4 Å². The van der Waals surface area contributed by atoms with E-state index in [2.05, 4.69) is 47.1 Å². The van der Waals surface area contributed by atoms with Gasteiger partial charge in [0.05, 0.1) is 13.2 Å². The number of ether oxygens (including phenoxy) is 1. The van der Waals surface area contributed by atoms with E-state index in [-0.39, 0.29) is 0 Å². The predicted octanol–water partition coefficient (Wildman–Crippen LogP) is 3.26. The Kier molecular flexibility index (Phi) is 4.28. The summed E-state index contributed by atoms with van der Waals surface area (Å²) in [5.74, 6) is 0. The van der Waals surface area contributed by atoms with Crippen molar-refractivity contribution in [3.63, 3.8) is 0 Å². The average molecular weight is 295 g/mol. The molecule has 1 aliphatic heterocycles. The lowest BCUT2D eigenvalue weighted by Crippen LogP contribution is -2.37. The number of hydrogen-bond donors (Lipinski definition) is 1. The summed E-state index contributed by atoms with van der Waals surface area (Å²) >= 11 is 0. The summed E-state index contributed by atoms with van der Waals surface area (Å²) in [5, 5.41) is 8.99. The molecular weight excluding hydrogens is 274 g/mol. The molecule has 0 spiro atoms. The van der Waals surface area contributed by atoms with Crippen LogP contribution in [0.25, 0.3) is 11.1 Å². The van der Waals surface area contributed by atoms with Gasteiger partial charge in [0.15, 0.2) is 0 Å². The van der Waals surface area contributed by atoms with E-state index < -0.39 is 0 Å². The minimum atomic E-state index is 0.403. The molecule has 4 heteroatoms. The van der Waals surface area contributed by atoms with Gasteiger partial charge >= 0.3 is 0 Å². The summed E-state index contributed by atoms with van der Waals surface area (Å²) in [6, 6.07) is 13.1. The van der Waals surface area contributed by atoms with Crippen molar-refractivity contribution < 1.29 is 4.74 Å². The molecule has 114 valence electrons. The van der Waals surface area contributed by atoms with Gasteiger partial charge in [-0.1, -0.05) is 24.3 Å². The lowest BCUT2D eigenvalue weighted by atomic mass is 10.0. The van der Waals surface area contributed by atoms with Gasteiger partial charge < -0.3 is 9.72 Å². The Hall–Kier alpha value is -2.09. The number of benzene rings is 1. The van der Waals surface area contributed by atoms with E-state index in [1.54, 1.807) is 0 Å². The first-order chi connectivity index (χ1) is 10.7. The molecule has 0 radical (unpaired) electrons. The van der Waals surface area contributed by atoms with Crippen LogP contribution in [-0.2, 0) is 4.74 Å². The normalized spacial score (nSPS) is 17.1. The smallest absolute Gasteiger partial charge is 0.118 e. The summed E-state index contributed by atoms with van der Waals surface area (Å²) < 4.78 is 5.42. The molecule has 1 aromatic heterocycles. The van der Waals surface area contributed by atoms with Crippen molar-refractivity contribution in [1.29, 1.82) is 5.26 Å². The second-order valence-corrected chi connectivity index (χ2v) is 5.78. The molecule has 1 aromatic carbocycles. The summed E-state index contributed by atoms with van der Waals surface area (Å²) in [6.07, 6.45) is 0. The highest BCUT2D eigenvalue weighted by atomic mass is 16.5.